The fourth-order valence-corrected chi connectivity index (χ4v) is 2.75. The SMILES string of the molecule is CC1(NCC(O)c2ccc3nnnn3c2)CCCC1. The maximum absolute atomic E-state index is 10.2. The maximum atomic E-state index is 10.2. The number of aromatic nitrogens is 4. The Morgan fingerprint density at radius 3 is 3.00 bits per heavy atom. The van der Waals surface area contributed by atoms with Crippen molar-refractivity contribution in [2.45, 2.75) is 44.2 Å². The molecule has 0 bridgehead atoms. The Morgan fingerprint density at radius 1 is 1.42 bits per heavy atom. The molecule has 19 heavy (non-hydrogen) atoms. The number of rotatable bonds is 4. The summed E-state index contributed by atoms with van der Waals surface area (Å²) in [6.45, 7) is 2.79. The molecule has 0 spiro atoms. The predicted octanol–water partition coefficient (Wildman–Crippen LogP) is 1.08. The molecular formula is C13H19N5O. The normalized spacial score (nSPS) is 19.9. The molecule has 1 fully saturated rings. The van der Waals surface area contributed by atoms with Crippen LogP contribution in [0.15, 0.2) is 18.3 Å². The Labute approximate surface area is 111 Å². The largest absolute Gasteiger partial charge is 0.387 e. The molecule has 0 radical (unpaired) electrons. The van der Waals surface area contributed by atoms with Crippen LogP contribution in [0.5, 0.6) is 0 Å². The van der Waals surface area contributed by atoms with E-state index in [9.17, 15) is 5.11 Å². The van der Waals surface area contributed by atoms with Crippen molar-refractivity contribution in [3.8, 4) is 0 Å². The molecule has 1 aliphatic carbocycles. The molecule has 2 aromatic heterocycles. The van der Waals surface area contributed by atoms with E-state index in [1.54, 1.807) is 10.7 Å². The van der Waals surface area contributed by atoms with Crippen LogP contribution in [0, 0.1) is 0 Å². The Morgan fingerprint density at radius 2 is 2.21 bits per heavy atom. The number of aliphatic hydroxyl groups is 1. The van der Waals surface area contributed by atoms with Crippen LogP contribution in [-0.4, -0.2) is 37.2 Å². The first-order valence-corrected chi connectivity index (χ1v) is 6.77. The lowest BCUT2D eigenvalue weighted by molar-refractivity contribution is 0.158. The van der Waals surface area contributed by atoms with Crippen LogP contribution in [0.2, 0.25) is 0 Å². The summed E-state index contributed by atoms with van der Waals surface area (Å²) in [5.41, 5.74) is 1.69. The van der Waals surface area contributed by atoms with Gasteiger partial charge in [-0.15, -0.1) is 5.10 Å². The Kier molecular flexibility index (Phi) is 3.20. The van der Waals surface area contributed by atoms with E-state index in [0.717, 1.165) is 5.56 Å². The lowest BCUT2D eigenvalue weighted by Gasteiger charge is -2.27. The van der Waals surface area contributed by atoms with Gasteiger partial charge in [0.25, 0.3) is 0 Å². The molecule has 6 nitrogen and oxygen atoms in total. The van der Waals surface area contributed by atoms with E-state index in [1.165, 1.54) is 25.7 Å². The van der Waals surface area contributed by atoms with Crippen molar-refractivity contribution in [1.29, 1.82) is 0 Å². The number of nitrogens with one attached hydrogen (secondary N) is 1. The minimum Gasteiger partial charge on any atom is -0.387 e. The van der Waals surface area contributed by atoms with Gasteiger partial charge in [0.05, 0.1) is 6.10 Å². The number of hydrogen-bond acceptors (Lipinski definition) is 5. The highest BCUT2D eigenvalue weighted by Crippen LogP contribution is 2.29. The summed E-state index contributed by atoms with van der Waals surface area (Å²) in [5, 5.41) is 25.0. The summed E-state index contributed by atoms with van der Waals surface area (Å²) in [5.74, 6) is 0. The van der Waals surface area contributed by atoms with Crippen LogP contribution < -0.4 is 5.32 Å². The van der Waals surface area contributed by atoms with Crippen molar-refractivity contribution in [3.05, 3.63) is 23.9 Å². The van der Waals surface area contributed by atoms with Crippen molar-refractivity contribution in [3.63, 3.8) is 0 Å². The van der Waals surface area contributed by atoms with E-state index in [4.69, 9.17) is 0 Å². The minimum absolute atomic E-state index is 0.180. The highest BCUT2D eigenvalue weighted by Gasteiger charge is 2.28. The lowest BCUT2D eigenvalue weighted by atomic mass is 10.00. The molecule has 0 saturated heterocycles. The Hall–Kier alpha value is -1.53. The lowest BCUT2D eigenvalue weighted by Crippen LogP contribution is -2.41. The predicted molar refractivity (Wildman–Crippen MR) is 70.6 cm³/mol. The van der Waals surface area contributed by atoms with Gasteiger partial charge in [-0.25, -0.2) is 4.52 Å². The topological polar surface area (TPSA) is 75.3 Å². The van der Waals surface area contributed by atoms with Gasteiger partial charge in [0.2, 0.25) is 0 Å². The van der Waals surface area contributed by atoms with Gasteiger partial charge in [-0.1, -0.05) is 18.9 Å². The molecule has 1 aliphatic rings. The molecular weight excluding hydrogens is 242 g/mol. The molecule has 0 aliphatic heterocycles. The number of β-amino-alcohol motifs (C(OH)–C–C–N with tert-alkyl or cyclic N) is 1. The first kappa shape index (κ1) is 12.5. The molecule has 1 saturated carbocycles. The number of tetrazole rings is 1. The van der Waals surface area contributed by atoms with Crippen molar-refractivity contribution in [1.82, 2.24) is 25.4 Å². The first-order chi connectivity index (χ1) is 9.16. The fourth-order valence-electron chi connectivity index (χ4n) is 2.75. The second-order valence-electron chi connectivity index (χ2n) is 5.61. The Balaban J connectivity index is 1.67. The second kappa shape index (κ2) is 4.86. The van der Waals surface area contributed by atoms with E-state index >= 15 is 0 Å². The monoisotopic (exact) mass is 261 g/mol. The van der Waals surface area contributed by atoms with Gasteiger partial charge in [-0.3, -0.25) is 0 Å². The van der Waals surface area contributed by atoms with E-state index in [-0.39, 0.29) is 5.54 Å². The van der Waals surface area contributed by atoms with Gasteiger partial charge in [-0.05, 0) is 36.3 Å². The third kappa shape index (κ3) is 2.59. The van der Waals surface area contributed by atoms with E-state index in [1.807, 2.05) is 12.1 Å². The van der Waals surface area contributed by atoms with Crippen LogP contribution in [0.4, 0.5) is 0 Å². The minimum atomic E-state index is -0.536. The average Bonchev–Trinajstić information content (AvgIpc) is 3.04. The second-order valence-corrected chi connectivity index (χ2v) is 5.61. The van der Waals surface area contributed by atoms with Gasteiger partial charge in [0.1, 0.15) is 0 Å². The van der Waals surface area contributed by atoms with Crippen LogP contribution in [0.25, 0.3) is 5.65 Å². The average molecular weight is 261 g/mol. The van der Waals surface area contributed by atoms with Crippen molar-refractivity contribution < 1.29 is 5.11 Å². The molecule has 1 unspecified atom stereocenters. The van der Waals surface area contributed by atoms with Gasteiger partial charge >= 0.3 is 0 Å². The maximum Gasteiger partial charge on any atom is 0.179 e. The van der Waals surface area contributed by atoms with E-state index in [2.05, 4.69) is 27.8 Å². The molecule has 0 aromatic carbocycles. The first-order valence-electron chi connectivity index (χ1n) is 6.77. The van der Waals surface area contributed by atoms with Crippen LogP contribution in [0.1, 0.15) is 44.3 Å². The molecule has 3 rings (SSSR count). The highest BCUT2D eigenvalue weighted by molar-refractivity contribution is 5.36. The Bertz CT molecular complexity index is 561. The number of aliphatic hydroxyl groups excluding tert-OH is 1. The molecule has 2 aromatic rings. The summed E-state index contributed by atoms with van der Waals surface area (Å²) in [4.78, 5) is 0. The zero-order valence-corrected chi connectivity index (χ0v) is 11.1. The number of nitrogens with zero attached hydrogens (tertiary/aromatic N) is 4. The zero-order chi connectivity index (χ0) is 13.3. The molecule has 102 valence electrons. The molecule has 6 heteroatoms. The van der Waals surface area contributed by atoms with E-state index < -0.39 is 6.10 Å². The summed E-state index contributed by atoms with van der Waals surface area (Å²) < 4.78 is 1.58. The summed E-state index contributed by atoms with van der Waals surface area (Å²) in [6.07, 6.45) is 6.16. The van der Waals surface area contributed by atoms with Crippen molar-refractivity contribution >= 4 is 5.65 Å². The zero-order valence-electron chi connectivity index (χ0n) is 11.1. The van der Waals surface area contributed by atoms with Crippen LogP contribution in [-0.2, 0) is 0 Å². The quantitative estimate of drug-likeness (QED) is 0.861. The number of fused-ring (bicyclic) bond motifs is 1. The number of pyridine rings is 1. The molecule has 2 heterocycles. The molecule has 2 N–H and O–H groups in total. The smallest absolute Gasteiger partial charge is 0.179 e. The van der Waals surface area contributed by atoms with Gasteiger partial charge in [0.15, 0.2) is 5.65 Å². The number of hydrogen-bond donors (Lipinski definition) is 2. The summed E-state index contributed by atoms with van der Waals surface area (Å²) in [7, 11) is 0. The van der Waals surface area contributed by atoms with Gasteiger partial charge in [0, 0.05) is 23.8 Å². The van der Waals surface area contributed by atoms with Crippen LogP contribution in [0.3, 0.4) is 0 Å². The molecule has 0 amide bonds. The van der Waals surface area contributed by atoms with Crippen molar-refractivity contribution in [2.24, 2.45) is 0 Å². The summed E-state index contributed by atoms with van der Waals surface area (Å²) >= 11 is 0. The van der Waals surface area contributed by atoms with Gasteiger partial charge in [-0.2, -0.15) is 0 Å². The van der Waals surface area contributed by atoms with Crippen molar-refractivity contribution in [2.75, 3.05) is 6.54 Å². The summed E-state index contributed by atoms with van der Waals surface area (Å²) in [6, 6.07) is 3.69. The van der Waals surface area contributed by atoms with Crippen LogP contribution >= 0.6 is 0 Å². The van der Waals surface area contributed by atoms with Gasteiger partial charge < -0.3 is 10.4 Å². The van der Waals surface area contributed by atoms with E-state index in [0.29, 0.717) is 12.2 Å². The third-order valence-electron chi connectivity index (χ3n) is 4.03. The third-order valence-corrected chi connectivity index (χ3v) is 4.03. The highest BCUT2D eigenvalue weighted by atomic mass is 16.3. The fraction of sp³-hybridized carbons (Fsp3) is 0.615. The molecule has 1 atom stereocenters. The standard InChI is InChI=1S/C13H19N5O/c1-13(6-2-3-7-13)14-8-11(19)10-4-5-12-15-16-17-18(12)9-10/h4-5,9,11,14,19H,2-3,6-8H2,1H3.